The van der Waals surface area contributed by atoms with Crippen LogP contribution in [-0.4, -0.2) is 55.1 Å². The van der Waals surface area contributed by atoms with Gasteiger partial charge in [0.15, 0.2) is 5.25 Å². The predicted molar refractivity (Wildman–Crippen MR) is 124 cm³/mol. The Hall–Kier alpha value is -1.19. The molecule has 0 amide bonds. The summed E-state index contributed by atoms with van der Waals surface area (Å²) in [5.74, 6) is -2.81. The van der Waals surface area contributed by atoms with Crippen LogP contribution in [0.5, 0.6) is 0 Å². The first kappa shape index (κ1) is 30.8. The summed E-state index contributed by atoms with van der Waals surface area (Å²) >= 11 is 0. The highest BCUT2D eigenvalue weighted by molar-refractivity contribution is 7.87. The molecule has 1 unspecified atom stereocenters. The van der Waals surface area contributed by atoms with Crippen molar-refractivity contribution in [2.75, 3.05) is 19.8 Å². The second-order valence-electron chi connectivity index (χ2n) is 8.33. The Morgan fingerprint density at radius 1 is 0.719 bits per heavy atom. The second-order valence-corrected chi connectivity index (χ2v) is 9.93. The normalized spacial score (nSPS) is 12.6. The van der Waals surface area contributed by atoms with Crippen LogP contribution in [0.3, 0.4) is 0 Å². The molecule has 0 radical (unpaired) electrons. The molecule has 1 atom stereocenters. The van der Waals surface area contributed by atoms with Crippen molar-refractivity contribution in [1.82, 2.24) is 0 Å². The van der Waals surface area contributed by atoms with Gasteiger partial charge >= 0.3 is 11.9 Å². The number of carbonyl (C=O) groups excluding carboxylic acids is 1. The topological polar surface area (TPSA) is 127 Å². The number of carboxylic acid groups (broad SMARTS) is 1. The highest BCUT2D eigenvalue weighted by atomic mass is 32.2. The zero-order valence-corrected chi connectivity index (χ0v) is 20.6. The molecule has 0 saturated carbocycles. The van der Waals surface area contributed by atoms with Gasteiger partial charge in [0.1, 0.15) is 6.61 Å². The number of unbranched alkanes of at least 4 members (excludes halogenated alkanes) is 14. The quantitative estimate of drug-likeness (QED) is 0.117. The Morgan fingerprint density at radius 2 is 1.16 bits per heavy atom. The van der Waals surface area contributed by atoms with Gasteiger partial charge in [-0.25, -0.2) is 0 Å². The Kier molecular flexibility index (Phi) is 19.7. The highest BCUT2D eigenvalue weighted by Gasteiger charge is 2.34. The fourth-order valence-electron chi connectivity index (χ4n) is 3.44. The maximum absolute atomic E-state index is 11.6. The van der Waals surface area contributed by atoms with E-state index < -0.39 is 33.7 Å². The van der Waals surface area contributed by atoms with Gasteiger partial charge in [0, 0.05) is 6.61 Å². The van der Waals surface area contributed by atoms with Crippen molar-refractivity contribution >= 4 is 22.1 Å². The predicted octanol–water partition coefficient (Wildman–Crippen LogP) is 5.15. The fraction of sp³-hybridized carbons (Fsp3) is 0.913. The highest BCUT2D eigenvalue weighted by Crippen LogP contribution is 2.13. The molecular weight excluding hydrogens is 436 g/mol. The molecule has 2 N–H and O–H groups in total. The van der Waals surface area contributed by atoms with Gasteiger partial charge in [-0.15, -0.1) is 0 Å². The number of aliphatic carboxylic acids is 1. The Morgan fingerprint density at radius 3 is 1.56 bits per heavy atom. The molecule has 0 aliphatic heterocycles. The van der Waals surface area contributed by atoms with Crippen molar-refractivity contribution in [3.05, 3.63) is 0 Å². The van der Waals surface area contributed by atoms with Gasteiger partial charge in [0.2, 0.25) is 0 Å². The van der Waals surface area contributed by atoms with E-state index in [4.69, 9.17) is 19.1 Å². The minimum Gasteiger partial charge on any atom is -0.481 e. The molecule has 0 aromatic carbocycles. The van der Waals surface area contributed by atoms with Crippen LogP contribution in [0.25, 0.3) is 0 Å². The van der Waals surface area contributed by atoms with Crippen molar-refractivity contribution in [2.24, 2.45) is 0 Å². The molecule has 0 rings (SSSR count). The molecule has 0 heterocycles. The van der Waals surface area contributed by atoms with Crippen molar-refractivity contribution in [3.8, 4) is 0 Å². The lowest BCUT2D eigenvalue weighted by atomic mass is 10.0. The van der Waals surface area contributed by atoms with E-state index >= 15 is 0 Å². The fourth-order valence-corrected chi connectivity index (χ4v) is 4.10. The van der Waals surface area contributed by atoms with Gasteiger partial charge in [-0.2, -0.15) is 8.42 Å². The van der Waals surface area contributed by atoms with Crippen LogP contribution in [0.2, 0.25) is 0 Å². The number of carboxylic acids is 1. The van der Waals surface area contributed by atoms with Crippen LogP contribution in [0.1, 0.15) is 110 Å². The van der Waals surface area contributed by atoms with Gasteiger partial charge in [-0.1, -0.05) is 96.8 Å². The van der Waals surface area contributed by atoms with E-state index in [0.717, 1.165) is 12.8 Å². The Balaban J connectivity index is 3.44. The van der Waals surface area contributed by atoms with E-state index in [1.807, 2.05) is 0 Å². The summed E-state index contributed by atoms with van der Waals surface area (Å²) in [4.78, 5) is 22.2. The average Bonchev–Trinajstić information content (AvgIpc) is 2.72. The molecule has 0 aliphatic rings. The summed E-state index contributed by atoms with van der Waals surface area (Å²) in [7, 11) is -4.83. The van der Waals surface area contributed by atoms with Crippen LogP contribution < -0.4 is 0 Å². The first-order valence-corrected chi connectivity index (χ1v) is 13.7. The van der Waals surface area contributed by atoms with Gasteiger partial charge in [-0.05, 0) is 6.42 Å². The zero-order valence-electron chi connectivity index (χ0n) is 19.8. The molecular formula is C23H44O8S. The summed E-state index contributed by atoms with van der Waals surface area (Å²) in [5.41, 5.74) is 0. The minimum atomic E-state index is -4.83. The number of carbonyl (C=O) groups is 2. The largest absolute Gasteiger partial charge is 0.481 e. The van der Waals surface area contributed by atoms with Crippen LogP contribution >= 0.6 is 0 Å². The lowest BCUT2D eigenvalue weighted by Gasteiger charge is -2.11. The van der Waals surface area contributed by atoms with Crippen LogP contribution in [0.4, 0.5) is 0 Å². The van der Waals surface area contributed by atoms with Gasteiger partial charge in [-0.3, -0.25) is 14.1 Å². The van der Waals surface area contributed by atoms with E-state index in [2.05, 4.69) is 6.92 Å². The first-order valence-electron chi connectivity index (χ1n) is 12.2. The summed E-state index contributed by atoms with van der Waals surface area (Å²) in [6, 6.07) is 0. The third-order valence-electron chi connectivity index (χ3n) is 5.35. The van der Waals surface area contributed by atoms with Crippen molar-refractivity contribution in [2.45, 2.75) is 115 Å². The van der Waals surface area contributed by atoms with Crippen molar-refractivity contribution in [3.63, 3.8) is 0 Å². The van der Waals surface area contributed by atoms with Gasteiger partial charge in [0.05, 0.1) is 13.0 Å². The average molecular weight is 481 g/mol. The molecule has 32 heavy (non-hydrogen) atoms. The van der Waals surface area contributed by atoms with E-state index in [1.54, 1.807) is 0 Å². The van der Waals surface area contributed by atoms with Crippen LogP contribution in [0, 0.1) is 0 Å². The van der Waals surface area contributed by atoms with E-state index in [0.29, 0.717) is 6.61 Å². The molecule has 0 fully saturated rings. The molecule has 190 valence electrons. The van der Waals surface area contributed by atoms with Gasteiger partial charge < -0.3 is 14.6 Å². The Bertz CT molecular complexity index is 577. The van der Waals surface area contributed by atoms with E-state index in [9.17, 15) is 18.0 Å². The molecule has 8 nitrogen and oxygen atoms in total. The van der Waals surface area contributed by atoms with Crippen molar-refractivity contribution < 1.29 is 37.1 Å². The molecule has 0 spiro atoms. The zero-order chi connectivity index (χ0) is 24.1. The monoisotopic (exact) mass is 480 g/mol. The number of hydrogen-bond donors (Lipinski definition) is 2. The third kappa shape index (κ3) is 19.5. The third-order valence-corrected chi connectivity index (χ3v) is 6.42. The molecule has 0 bridgehead atoms. The number of esters is 1. The maximum atomic E-state index is 11.6. The lowest BCUT2D eigenvalue weighted by Crippen LogP contribution is -2.34. The Labute approximate surface area is 194 Å². The molecule has 0 aromatic rings. The summed E-state index contributed by atoms with van der Waals surface area (Å²) in [6.45, 7) is 2.67. The van der Waals surface area contributed by atoms with Crippen LogP contribution in [-0.2, 0) is 29.2 Å². The van der Waals surface area contributed by atoms with E-state index in [-0.39, 0.29) is 13.2 Å². The molecule has 0 aliphatic carbocycles. The molecule has 0 saturated heterocycles. The standard InChI is InChI=1S/C23H44O8S/c1-2-3-4-5-6-7-8-9-10-11-12-13-14-15-16-17-30-18-19-31-23(26)21(20-22(24)25)32(27,28)29/h21H,2-20H2,1H3,(H,24,25)(H,27,28,29). The SMILES string of the molecule is CCCCCCCCCCCCCCCCCOCCOC(=O)C(CC(=O)O)S(=O)(=O)O. The maximum Gasteiger partial charge on any atom is 0.327 e. The summed E-state index contributed by atoms with van der Waals surface area (Å²) < 4.78 is 41.1. The number of ether oxygens (including phenoxy) is 2. The summed E-state index contributed by atoms with van der Waals surface area (Å²) in [5, 5.41) is 6.51. The van der Waals surface area contributed by atoms with Crippen molar-refractivity contribution in [1.29, 1.82) is 0 Å². The number of rotatable bonds is 23. The first-order chi connectivity index (χ1) is 15.3. The van der Waals surface area contributed by atoms with E-state index in [1.165, 1.54) is 83.5 Å². The minimum absolute atomic E-state index is 0.0929. The second kappa shape index (κ2) is 20.4. The molecule has 0 aromatic heterocycles. The molecule has 9 heteroatoms. The smallest absolute Gasteiger partial charge is 0.327 e. The van der Waals surface area contributed by atoms with Crippen LogP contribution in [0.15, 0.2) is 0 Å². The number of hydrogen-bond acceptors (Lipinski definition) is 6. The lowest BCUT2D eigenvalue weighted by molar-refractivity contribution is -0.148. The van der Waals surface area contributed by atoms with Gasteiger partial charge in [0.25, 0.3) is 10.1 Å². The summed E-state index contributed by atoms with van der Waals surface area (Å²) in [6.07, 6.45) is 18.2.